The molecule has 1 N–H and O–H groups in total. The van der Waals surface area contributed by atoms with Crippen LogP contribution in [0.5, 0.6) is 0 Å². The minimum absolute atomic E-state index is 0.596. The predicted molar refractivity (Wildman–Crippen MR) is 73.6 cm³/mol. The zero-order valence-electron chi connectivity index (χ0n) is 9.79. The monoisotopic (exact) mass is 255 g/mol. The van der Waals surface area contributed by atoms with Gasteiger partial charge in [-0.05, 0) is 37.5 Å². The Kier molecular flexibility index (Phi) is 4.17. The summed E-state index contributed by atoms with van der Waals surface area (Å²) in [5, 5.41) is 5.09. The zero-order valence-corrected chi connectivity index (χ0v) is 11.4. The fourth-order valence-corrected chi connectivity index (χ4v) is 3.44. The van der Waals surface area contributed by atoms with Gasteiger partial charge in [-0.1, -0.05) is 23.7 Å². The smallest absolute Gasteiger partial charge is 0.0437 e. The minimum Gasteiger partial charge on any atom is -0.312 e. The first kappa shape index (κ1) is 12.3. The van der Waals surface area contributed by atoms with E-state index in [9.17, 15) is 0 Å². The summed E-state index contributed by atoms with van der Waals surface area (Å²) in [6.07, 6.45) is 1.11. The Hall–Kier alpha value is -0.180. The lowest BCUT2D eigenvalue weighted by Crippen LogP contribution is -2.42. The van der Waals surface area contributed by atoms with E-state index in [1.807, 2.05) is 6.92 Å². The predicted octanol–water partition coefficient (Wildman–Crippen LogP) is 3.28. The summed E-state index contributed by atoms with van der Waals surface area (Å²) < 4.78 is 0. The lowest BCUT2D eigenvalue weighted by atomic mass is 10.0. The molecule has 0 aliphatic carbocycles. The summed E-state index contributed by atoms with van der Waals surface area (Å²) in [5.74, 6) is 1.22. The maximum absolute atomic E-state index is 6.15. The van der Waals surface area contributed by atoms with Crippen LogP contribution in [-0.2, 0) is 6.42 Å². The van der Waals surface area contributed by atoms with Crippen molar-refractivity contribution >= 4 is 23.4 Å². The summed E-state index contributed by atoms with van der Waals surface area (Å²) in [6.45, 7) is 5.45. The second-order valence-electron chi connectivity index (χ2n) is 4.44. The van der Waals surface area contributed by atoms with Crippen LogP contribution in [0.3, 0.4) is 0 Å². The van der Waals surface area contributed by atoms with Crippen molar-refractivity contribution in [2.24, 2.45) is 0 Å². The number of rotatable bonds is 2. The van der Waals surface area contributed by atoms with Crippen LogP contribution in [0.25, 0.3) is 0 Å². The van der Waals surface area contributed by atoms with Crippen LogP contribution in [-0.4, -0.2) is 23.6 Å². The van der Waals surface area contributed by atoms with Crippen LogP contribution in [0.1, 0.15) is 18.1 Å². The highest BCUT2D eigenvalue weighted by Gasteiger charge is 2.21. The highest BCUT2D eigenvalue weighted by molar-refractivity contribution is 8.00. The van der Waals surface area contributed by atoms with Crippen molar-refractivity contribution in [3.8, 4) is 0 Å². The van der Waals surface area contributed by atoms with Gasteiger partial charge in [-0.3, -0.25) is 0 Å². The minimum atomic E-state index is 0.596. The van der Waals surface area contributed by atoms with Crippen molar-refractivity contribution in [1.82, 2.24) is 5.32 Å². The molecule has 1 saturated heterocycles. The third-order valence-corrected chi connectivity index (χ3v) is 4.98. The van der Waals surface area contributed by atoms with Crippen LogP contribution in [0.4, 0.5) is 0 Å². The van der Waals surface area contributed by atoms with Gasteiger partial charge in [-0.25, -0.2) is 0 Å². The average Bonchev–Trinajstić information content (AvgIpc) is 2.27. The van der Waals surface area contributed by atoms with E-state index in [1.165, 1.54) is 11.3 Å². The van der Waals surface area contributed by atoms with Crippen LogP contribution < -0.4 is 5.32 Å². The summed E-state index contributed by atoms with van der Waals surface area (Å²) in [5.41, 5.74) is 2.51. The number of benzene rings is 1. The first-order chi connectivity index (χ1) is 7.66. The van der Waals surface area contributed by atoms with Gasteiger partial charge in [0.2, 0.25) is 0 Å². The Morgan fingerprint density at radius 2 is 2.31 bits per heavy atom. The van der Waals surface area contributed by atoms with Crippen molar-refractivity contribution in [2.45, 2.75) is 31.6 Å². The molecule has 1 heterocycles. The van der Waals surface area contributed by atoms with Gasteiger partial charge >= 0.3 is 0 Å². The van der Waals surface area contributed by atoms with Crippen molar-refractivity contribution in [3.63, 3.8) is 0 Å². The van der Waals surface area contributed by atoms with E-state index in [4.69, 9.17) is 11.6 Å². The fraction of sp³-hybridized carbons (Fsp3) is 0.538. The molecule has 1 aliphatic rings. The molecule has 16 heavy (non-hydrogen) atoms. The molecule has 1 aromatic rings. The molecule has 0 radical (unpaired) electrons. The quantitative estimate of drug-likeness (QED) is 0.871. The Morgan fingerprint density at radius 1 is 1.50 bits per heavy atom. The number of hydrogen-bond acceptors (Lipinski definition) is 2. The molecule has 2 unspecified atom stereocenters. The van der Waals surface area contributed by atoms with Crippen LogP contribution in [0.15, 0.2) is 18.2 Å². The molecule has 88 valence electrons. The molecule has 0 spiro atoms. The molecule has 0 bridgehead atoms. The third kappa shape index (κ3) is 2.93. The lowest BCUT2D eigenvalue weighted by molar-refractivity contribution is 0.529. The van der Waals surface area contributed by atoms with Gasteiger partial charge in [0.25, 0.3) is 0 Å². The summed E-state index contributed by atoms with van der Waals surface area (Å²) in [6, 6.07) is 7.02. The van der Waals surface area contributed by atoms with Crippen LogP contribution >= 0.6 is 23.4 Å². The number of hydrogen-bond donors (Lipinski definition) is 1. The largest absolute Gasteiger partial charge is 0.312 e. The normalized spacial score (nSPS) is 25.7. The van der Waals surface area contributed by atoms with Crippen molar-refractivity contribution in [1.29, 1.82) is 0 Å². The van der Waals surface area contributed by atoms with Gasteiger partial charge in [0.05, 0.1) is 0 Å². The highest BCUT2D eigenvalue weighted by atomic mass is 35.5. The zero-order chi connectivity index (χ0) is 11.5. The van der Waals surface area contributed by atoms with Crippen molar-refractivity contribution < 1.29 is 0 Å². The summed E-state index contributed by atoms with van der Waals surface area (Å²) >= 11 is 8.22. The summed E-state index contributed by atoms with van der Waals surface area (Å²) in [4.78, 5) is 0. The summed E-state index contributed by atoms with van der Waals surface area (Å²) in [7, 11) is 0. The van der Waals surface area contributed by atoms with E-state index in [-0.39, 0.29) is 0 Å². The van der Waals surface area contributed by atoms with Gasteiger partial charge < -0.3 is 5.32 Å². The van der Waals surface area contributed by atoms with Crippen LogP contribution in [0, 0.1) is 6.92 Å². The lowest BCUT2D eigenvalue weighted by Gasteiger charge is -2.29. The maximum atomic E-state index is 6.15. The van der Waals surface area contributed by atoms with Crippen molar-refractivity contribution in [3.05, 3.63) is 34.3 Å². The van der Waals surface area contributed by atoms with E-state index < -0.39 is 0 Å². The van der Waals surface area contributed by atoms with E-state index in [0.717, 1.165) is 23.6 Å². The van der Waals surface area contributed by atoms with E-state index >= 15 is 0 Å². The SMILES string of the molecule is Cc1ccc(CC2SCCNC2C)cc1Cl. The molecule has 2 rings (SSSR count). The first-order valence-corrected chi connectivity index (χ1v) is 7.19. The molecular weight excluding hydrogens is 238 g/mol. The first-order valence-electron chi connectivity index (χ1n) is 5.77. The molecule has 1 nitrogen and oxygen atoms in total. The van der Waals surface area contributed by atoms with Gasteiger partial charge in [0.1, 0.15) is 0 Å². The fourth-order valence-electron chi connectivity index (χ4n) is 2.00. The van der Waals surface area contributed by atoms with Crippen molar-refractivity contribution in [2.75, 3.05) is 12.3 Å². The Morgan fingerprint density at radius 3 is 3.00 bits per heavy atom. The van der Waals surface area contributed by atoms with Gasteiger partial charge in [0, 0.05) is 28.6 Å². The molecule has 3 heteroatoms. The Balaban J connectivity index is 2.05. The molecule has 1 fully saturated rings. The topological polar surface area (TPSA) is 12.0 Å². The van der Waals surface area contributed by atoms with E-state index in [1.54, 1.807) is 0 Å². The molecule has 1 aromatic carbocycles. The average molecular weight is 256 g/mol. The van der Waals surface area contributed by atoms with Crippen LogP contribution in [0.2, 0.25) is 5.02 Å². The van der Waals surface area contributed by atoms with E-state index in [2.05, 4.69) is 42.2 Å². The third-order valence-electron chi connectivity index (χ3n) is 3.13. The molecule has 0 saturated carbocycles. The maximum Gasteiger partial charge on any atom is 0.0437 e. The van der Waals surface area contributed by atoms with Gasteiger partial charge in [0.15, 0.2) is 0 Å². The number of aryl methyl sites for hydroxylation is 1. The molecule has 2 atom stereocenters. The molecular formula is C13H18ClNS. The Labute approximate surface area is 107 Å². The number of halogens is 1. The number of nitrogens with one attached hydrogen (secondary N) is 1. The van der Waals surface area contributed by atoms with Gasteiger partial charge in [-0.2, -0.15) is 11.8 Å². The standard InChI is InChI=1S/C13H18ClNS/c1-9-3-4-11(7-12(9)14)8-13-10(2)15-5-6-16-13/h3-4,7,10,13,15H,5-6,8H2,1-2H3. The highest BCUT2D eigenvalue weighted by Crippen LogP contribution is 2.25. The second kappa shape index (κ2) is 5.44. The molecule has 0 amide bonds. The molecule has 1 aliphatic heterocycles. The second-order valence-corrected chi connectivity index (χ2v) is 6.19. The van der Waals surface area contributed by atoms with E-state index in [0.29, 0.717) is 11.3 Å². The van der Waals surface area contributed by atoms with Gasteiger partial charge in [-0.15, -0.1) is 0 Å². The number of thioether (sulfide) groups is 1. The molecule has 0 aromatic heterocycles. The Bertz CT molecular complexity index is 367.